The summed E-state index contributed by atoms with van der Waals surface area (Å²) in [7, 11) is 1.25. The van der Waals surface area contributed by atoms with E-state index in [1.165, 1.54) is 18.4 Å². The molecule has 0 spiro atoms. The Morgan fingerprint density at radius 2 is 2.12 bits per heavy atom. The van der Waals surface area contributed by atoms with Crippen molar-refractivity contribution in [2.75, 3.05) is 19.0 Å². The Bertz CT molecular complexity index is 857. The largest absolute Gasteiger partial charge is 0.475 e. The molecule has 11 heteroatoms. The fourth-order valence-corrected chi connectivity index (χ4v) is 3.29. The zero-order chi connectivity index (χ0) is 19.4. The number of anilines is 1. The fraction of sp³-hybridized carbons (Fsp3) is 0.400. The van der Waals surface area contributed by atoms with Gasteiger partial charge in [-0.3, -0.25) is 19.6 Å². The molecule has 26 heavy (non-hydrogen) atoms. The van der Waals surface area contributed by atoms with Gasteiger partial charge in [-0.05, 0) is 26.3 Å². The average molecular weight is 382 g/mol. The highest BCUT2D eigenvalue weighted by Gasteiger charge is 2.24. The van der Waals surface area contributed by atoms with Crippen LogP contribution in [0.3, 0.4) is 0 Å². The number of ether oxygens (including phenoxy) is 2. The summed E-state index contributed by atoms with van der Waals surface area (Å²) in [6.07, 6.45) is 1.11. The maximum absolute atomic E-state index is 12.3. The number of carbonyl (C=O) groups excluding carboxylic acids is 2. The van der Waals surface area contributed by atoms with Crippen LogP contribution in [0.25, 0.3) is 0 Å². The third-order valence-corrected chi connectivity index (χ3v) is 4.65. The second kappa shape index (κ2) is 7.95. The number of esters is 1. The van der Waals surface area contributed by atoms with Gasteiger partial charge in [0, 0.05) is 4.88 Å². The minimum absolute atomic E-state index is 0.183. The first-order chi connectivity index (χ1) is 12.3. The Balaban J connectivity index is 2.19. The molecule has 2 aromatic heterocycles. The molecule has 0 aliphatic carbocycles. The van der Waals surface area contributed by atoms with Gasteiger partial charge in [0.2, 0.25) is 5.91 Å². The average Bonchev–Trinajstić information content (AvgIpc) is 3.09. The predicted molar refractivity (Wildman–Crippen MR) is 93.8 cm³/mol. The fourth-order valence-electron chi connectivity index (χ4n) is 2.22. The summed E-state index contributed by atoms with van der Waals surface area (Å²) in [5, 5.41) is 17.8. The Hall–Kier alpha value is -2.95. The Morgan fingerprint density at radius 1 is 1.42 bits per heavy atom. The lowest BCUT2D eigenvalue weighted by molar-refractivity contribution is -0.385. The van der Waals surface area contributed by atoms with E-state index < -0.39 is 16.8 Å². The number of nitrogens with zero attached hydrogens (tertiary/aromatic N) is 3. The lowest BCUT2D eigenvalue weighted by Gasteiger charge is -2.07. The first kappa shape index (κ1) is 19.4. The molecule has 0 aromatic carbocycles. The van der Waals surface area contributed by atoms with Crippen molar-refractivity contribution in [2.24, 2.45) is 0 Å². The number of thiophene rings is 1. The molecule has 0 aliphatic heterocycles. The van der Waals surface area contributed by atoms with Crippen LogP contribution < -0.4 is 10.1 Å². The van der Waals surface area contributed by atoms with Crippen molar-refractivity contribution in [2.45, 2.75) is 27.3 Å². The molecular formula is C15H18N4O6S. The number of hydrogen-bond donors (Lipinski definition) is 1. The Kier molecular flexibility index (Phi) is 5.93. The van der Waals surface area contributed by atoms with Crippen LogP contribution >= 0.6 is 11.3 Å². The number of nitrogens with one attached hydrogen (secondary N) is 1. The number of rotatable bonds is 7. The Morgan fingerprint density at radius 3 is 2.65 bits per heavy atom. The molecule has 10 nitrogen and oxygen atoms in total. The first-order valence-corrected chi connectivity index (χ1v) is 8.42. The molecule has 2 aromatic rings. The molecule has 140 valence electrons. The van der Waals surface area contributed by atoms with Crippen molar-refractivity contribution in [3.63, 3.8) is 0 Å². The number of aryl methyl sites for hydroxylation is 1. The number of aromatic nitrogens is 2. The van der Waals surface area contributed by atoms with Crippen molar-refractivity contribution in [3.8, 4) is 5.88 Å². The number of amides is 1. The molecule has 0 aliphatic rings. The van der Waals surface area contributed by atoms with Crippen LogP contribution in [0.2, 0.25) is 0 Å². The highest BCUT2D eigenvalue weighted by atomic mass is 32.1. The molecule has 0 radical (unpaired) electrons. The third kappa shape index (κ3) is 3.99. The number of carbonyl (C=O) groups is 2. The van der Waals surface area contributed by atoms with Gasteiger partial charge in [-0.1, -0.05) is 0 Å². The predicted octanol–water partition coefficient (Wildman–Crippen LogP) is 2.29. The SMILES string of the molecule is CCOC(=O)c1c(NC(=O)Cn2cc([N+](=O)[O-])c(OC)n2)sc(C)c1C. The molecule has 2 rings (SSSR count). The van der Waals surface area contributed by atoms with E-state index in [1.807, 2.05) is 6.92 Å². The highest BCUT2D eigenvalue weighted by Crippen LogP contribution is 2.33. The van der Waals surface area contributed by atoms with Gasteiger partial charge in [-0.2, -0.15) is 0 Å². The monoisotopic (exact) mass is 382 g/mol. The second-order valence-electron chi connectivity index (χ2n) is 5.23. The molecule has 1 N–H and O–H groups in total. The molecule has 1 amide bonds. The van der Waals surface area contributed by atoms with Gasteiger partial charge in [-0.25, -0.2) is 4.79 Å². The van der Waals surface area contributed by atoms with Crippen molar-refractivity contribution in [1.82, 2.24) is 9.78 Å². The van der Waals surface area contributed by atoms with Crippen LogP contribution in [0.1, 0.15) is 27.7 Å². The van der Waals surface area contributed by atoms with E-state index in [9.17, 15) is 19.7 Å². The molecule has 0 saturated heterocycles. The van der Waals surface area contributed by atoms with Gasteiger partial charge < -0.3 is 14.8 Å². The zero-order valence-electron chi connectivity index (χ0n) is 14.7. The van der Waals surface area contributed by atoms with E-state index in [0.29, 0.717) is 10.6 Å². The van der Waals surface area contributed by atoms with Crippen molar-refractivity contribution >= 4 is 33.9 Å². The minimum atomic E-state index is -0.648. The molecule has 0 bridgehead atoms. The maximum atomic E-state index is 12.3. The van der Waals surface area contributed by atoms with E-state index in [0.717, 1.165) is 21.3 Å². The topological polar surface area (TPSA) is 126 Å². The van der Waals surface area contributed by atoms with Gasteiger partial charge in [0.05, 0.1) is 24.2 Å². The molecule has 0 atom stereocenters. The molecule has 0 fully saturated rings. The van der Waals surface area contributed by atoms with Crippen LogP contribution in [0, 0.1) is 24.0 Å². The smallest absolute Gasteiger partial charge is 0.350 e. The van der Waals surface area contributed by atoms with Gasteiger partial charge >= 0.3 is 17.5 Å². The number of hydrogen-bond acceptors (Lipinski definition) is 8. The summed E-state index contributed by atoms with van der Waals surface area (Å²) in [6, 6.07) is 0. The van der Waals surface area contributed by atoms with E-state index >= 15 is 0 Å². The van der Waals surface area contributed by atoms with Crippen molar-refractivity contribution in [3.05, 3.63) is 32.3 Å². The van der Waals surface area contributed by atoms with E-state index in [-0.39, 0.29) is 24.7 Å². The van der Waals surface area contributed by atoms with Crippen molar-refractivity contribution in [1.29, 1.82) is 0 Å². The van der Waals surface area contributed by atoms with Crippen LogP contribution in [0.4, 0.5) is 10.7 Å². The third-order valence-electron chi connectivity index (χ3n) is 3.52. The second-order valence-corrected chi connectivity index (χ2v) is 6.46. The summed E-state index contributed by atoms with van der Waals surface area (Å²) >= 11 is 1.26. The lowest BCUT2D eigenvalue weighted by Crippen LogP contribution is -2.20. The standard InChI is InChI=1S/C15H18N4O6S/c1-5-25-15(21)12-8(2)9(3)26-14(12)16-11(20)7-18-6-10(19(22)23)13(17-18)24-4/h6H,5,7H2,1-4H3,(H,16,20). The summed E-state index contributed by atoms with van der Waals surface area (Å²) in [5.74, 6) is -1.18. The van der Waals surface area contributed by atoms with Gasteiger partial charge in [-0.15, -0.1) is 16.4 Å². The van der Waals surface area contributed by atoms with Crippen LogP contribution in [0.15, 0.2) is 6.20 Å². The van der Waals surface area contributed by atoms with Crippen LogP contribution in [0.5, 0.6) is 5.88 Å². The van der Waals surface area contributed by atoms with Crippen LogP contribution in [-0.2, 0) is 16.1 Å². The lowest BCUT2D eigenvalue weighted by atomic mass is 10.1. The quantitative estimate of drug-likeness (QED) is 0.442. The first-order valence-electron chi connectivity index (χ1n) is 7.61. The summed E-state index contributed by atoms with van der Waals surface area (Å²) in [4.78, 5) is 35.6. The van der Waals surface area contributed by atoms with Gasteiger partial charge in [0.15, 0.2) is 0 Å². The summed E-state index contributed by atoms with van der Waals surface area (Å²) < 4.78 is 11.0. The molecule has 0 saturated carbocycles. The van der Waals surface area contributed by atoms with E-state index in [4.69, 9.17) is 9.47 Å². The van der Waals surface area contributed by atoms with Crippen molar-refractivity contribution < 1.29 is 24.0 Å². The molecular weight excluding hydrogens is 364 g/mol. The molecule has 0 unspecified atom stereocenters. The number of nitro groups is 1. The highest BCUT2D eigenvalue weighted by molar-refractivity contribution is 7.16. The van der Waals surface area contributed by atoms with Gasteiger partial charge in [0.1, 0.15) is 17.7 Å². The molecule has 2 heterocycles. The van der Waals surface area contributed by atoms with Gasteiger partial charge in [0.25, 0.3) is 0 Å². The zero-order valence-corrected chi connectivity index (χ0v) is 15.5. The number of methoxy groups -OCH3 is 1. The Labute approximate surface area is 152 Å². The summed E-state index contributed by atoms with van der Waals surface area (Å²) in [6.45, 7) is 5.25. The normalized spacial score (nSPS) is 10.5. The maximum Gasteiger partial charge on any atom is 0.350 e. The van der Waals surface area contributed by atoms with E-state index in [2.05, 4.69) is 10.4 Å². The minimum Gasteiger partial charge on any atom is -0.475 e. The van der Waals surface area contributed by atoms with E-state index in [1.54, 1.807) is 13.8 Å². The van der Waals surface area contributed by atoms with Crippen LogP contribution in [-0.4, -0.2) is 40.3 Å². The summed E-state index contributed by atoms with van der Waals surface area (Å²) in [5.41, 5.74) is 0.710.